The molecule has 0 aromatic carbocycles. The first-order chi connectivity index (χ1) is 8.64. The van der Waals surface area contributed by atoms with Crippen LogP contribution in [0.15, 0.2) is 0 Å². The summed E-state index contributed by atoms with van der Waals surface area (Å²) >= 11 is 0. The number of nitrogens with zero attached hydrogens (tertiary/aromatic N) is 1. The molecule has 3 atom stereocenters. The van der Waals surface area contributed by atoms with Gasteiger partial charge < -0.3 is 15.4 Å². The molecule has 2 N–H and O–H groups in total. The molecule has 2 rings (SSSR count). The van der Waals surface area contributed by atoms with Crippen LogP contribution in [0, 0.1) is 11.3 Å². The van der Waals surface area contributed by atoms with E-state index in [0.717, 1.165) is 25.7 Å². The van der Waals surface area contributed by atoms with Gasteiger partial charge in [-0.15, -0.1) is 0 Å². The maximum atomic E-state index is 6.19. The van der Waals surface area contributed by atoms with Gasteiger partial charge in [-0.05, 0) is 38.3 Å². The molecule has 0 aromatic rings. The van der Waals surface area contributed by atoms with Crippen LogP contribution in [0.3, 0.4) is 0 Å². The summed E-state index contributed by atoms with van der Waals surface area (Å²) in [5.74, 6) is 0.960. The topological polar surface area (TPSA) is 38.5 Å². The molecule has 0 spiro atoms. The first kappa shape index (κ1) is 14.3. The summed E-state index contributed by atoms with van der Waals surface area (Å²) in [4.78, 5) is 2.63. The van der Waals surface area contributed by atoms with Gasteiger partial charge >= 0.3 is 0 Å². The van der Waals surface area contributed by atoms with E-state index in [1.54, 1.807) is 0 Å². The summed E-state index contributed by atoms with van der Waals surface area (Å²) in [6.07, 6.45) is 6.90. The molecule has 0 amide bonds. The van der Waals surface area contributed by atoms with Crippen LogP contribution in [0.5, 0.6) is 0 Å². The number of likely N-dealkylation sites (tertiary alicyclic amines) is 1. The van der Waals surface area contributed by atoms with E-state index in [2.05, 4.69) is 18.7 Å². The number of hydrogen-bond acceptors (Lipinski definition) is 3. The highest BCUT2D eigenvalue weighted by Crippen LogP contribution is 2.30. The van der Waals surface area contributed by atoms with E-state index in [-0.39, 0.29) is 11.5 Å². The molecular formula is C15H30N2O. The molecule has 3 nitrogen and oxygen atoms in total. The van der Waals surface area contributed by atoms with Crippen LogP contribution < -0.4 is 5.73 Å². The largest absolute Gasteiger partial charge is 0.379 e. The van der Waals surface area contributed by atoms with Crippen molar-refractivity contribution in [1.82, 2.24) is 4.90 Å². The van der Waals surface area contributed by atoms with Gasteiger partial charge in [0.15, 0.2) is 0 Å². The Hall–Kier alpha value is -0.120. The molecule has 0 radical (unpaired) electrons. The Balaban J connectivity index is 1.83. The zero-order valence-electron chi connectivity index (χ0n) is 12.2. The third kappa shape index (κ3) is 3.46. The molecule has 3 unspecified atom stereocenters. The van der Waals surface area contributed by atoms with E-state index in [0.29, 0.717) is 0 Å². The Morgan fingerprint density at radius 1 is 1.33 bits per heavy atom. The van der Waals surface area contributed by atoms with E-state index in [1.165, 1.54) is 45.2 Å². The molecule has 0 saturated carbocycles. The minimum atomic E-state index is 0.171. The summed E-state index contributed by atoms with van der Waals surface area (Å²) < 4.78 is 5.55. The zero-order chi connectivity index (χ0) is 13.0. The van der Waals surface area contributed by atoms with Crippen molar-refractivity contribution in [3.63, 3.8) is 0 Å². The Bertz CT molecular complexity index is 259. The van der Waals surface area contributed by atoms with Crippen molar-refractivity contribution >= 4 is 0 Å². The van der Waals surface area contributed by atoms with Gasteiger partial charge in [0, 0.05) is 18.0 Å². The summed E-state index contributed by atoms with van der Waals surface area (Å²) in [5, 5.41) is 0. The third-order valence-corrected chi connectivity index (χ3v) is 4.85. The first-order valence-electron chi connectivity index (χ1n) is 7.70. The van der Waals surface area contributed by atoms with Gasteiger partial charge in [-0.1, -0.05) is 26.7 Å². The molecule has 2 saturated heterocycles. The second-order valence-electron chi connectivity index (χ2n) is 6.64. The average molecular weight is 254 g/mol. The second-order valence-corrected chi connectivity index (χ2v) is 6.64. The average Bonchev–Trinajstić information content (AvgIpc) is 2.53. The van der Waals surface area contributed by atoms with E-state index in [4.69, 9.17) is 10.5 Å². The van der Waals surface area contributed by atoms with Crippen LogP contribution in [-0.4, -0.2) is 43.8 Å². The van der Waals surface area contributed by atoms with E-state index in [9.17, 15) is 0 Å². The van der Waals surface area contributed by atoms with Crippen LogP contribution in [0.25, 0.3) is 0 Å². The highest BCUT2D eigenvalue weighted by Gasteiger charge is 2.39. The van der Waals surface area contributed by atoms with Crippen LogP contribution in [0.4, 0.5) is 0 Å². The predicted molar refractivity (Wildman–Crippen MR) is 75.6 cm³/mol. The summed E-state index contributed by atoms with van der Waals surface area (Å²) in [6.45, 7) is 9.80. The minimum absolute atomic E-state index is 0.171. The monoisotopic (exact) mass is 254 g/mol. The molecule has 2 aliphatic rings. The van der Waals surface area contributed by atoms with Crippen molar-refractivity contribution in [2.24, 2.45) is 17.1 Å². The van der Waals surface area contributed by atoms with Gasteiger partial charge in [0.25, 0.3) is 0 Å². The Kier molecular flexibility index (Phi) is 5.05. The van der Waals surface area contributed by atoms with E-state index in [1.807, 2.05) is 0 Å². The second kappa shape index (κ2) is 6.36. The normalized spacial score (nSPS) is 38.8. The quantitative estimate of drug-likeness (QED) is 0.836. The number of hydrogen-bond donors (Lipinski definition) is 1. The fourth-order valence-corrected chi connectivity index (χ4v) is 3.48. The lowest BCUT2D eigenvalue weighted by Gasteiger charge is -2.33. The summed E-state index contributed by atoms with van der Waals surface area (Å²) in [7, 11) is 0. The van der Waals surface area contributed by atoms with Crippen LogP contribution in [-0.2, 0) is 4.74 Å². The summed E-state index contributed by atoms with van der Waals surface area (Å²) in [6, 6.07) is 0.215. The van der Waals surface area contributed by atoms with Crippen molar-refractivity contribution in [3.8, 4) is 0 Å². The Labute approximate surface area is 112 Å². The van der Waals surface area contributed by atoms with Gasteiger partial charge in [-0.2, -0.15) is 0 Å². The van der Waals surface area contributed by atoms with Crippen molar-refractivity contribution in [3.05, 3.63) is 0 Å². The molecule has 18 heavy (non-hydrogen) atoms. The summed E-state index contributed by atoms with van der Waals surface area (Å²) in [5.41, 5.74) is 6.36. The predicted octanol–water partition coefficient (Wildman–Crippen LogP) is 2.25. The SMILES string of the molecule is CCCC1CCCN(CC2(C)COCC2N)CC1. The highest BCUT2D eigenvalue weighted by atomic mass is 16.5. The molecule has 2 fully saturated rings. The van der Waals surface area contributed by atoms with Crippen LogP contribution in [0.1, 0.15) is 46.0 Å². The molecule has 2 aliphatic heterocycles. The standard InChI is InChI=1S/C15H30N2O/c1-3-5-13-6-4-8-17(9-7-13)11-15(2)12-18-10-14(15)16/h13-14H,3-12,16H2,1-2H3. The van der Waals surface area contributed by atoms with Crippen molar-refractivity contribution in [2.45, 2.75) is 52.0 Å². The van der Waals surface area contributed by atoms with Crippen molar-refractivity contribution < 1.29 is 4.74 Å². The molecule has 0 bridgehead atoms. The van der Waals surface area contributed by atoms with Crippen molar-refractivity contribution in [2.75, 3.05) is 32.8 Å². The van der Waals surface area contributed by atoms with Gasteiger partial charge in [0.2, 0.25) is 0 Å². The fourth-order valence-electron chi connectivity index (χ4n) is 3.48. The molecule has 3 heteroatoms. The van der Waals surface area contributed by atoms with E-state index >= 15 is 0 Å². The lowest BCUT2D eigenvalue weighted by atomic mass is 9.85. The van der Waals surface area contributed by atoms with Gasteiger partial charge in [0.1, 0.15) is 0 Å². The molecular weight excluding hydrogens is 224 g/mol. The van der Waals surface area contributed by atoms with E-state index < -0.39 is 0 Å². The molecule has 2 heterocycles. The smallest absolute Gasteiger partial charge is 0.0624 e. The van der Waals surface area contributed by atoms with Crippen molar-refractivity contribution in [1.29, 1.82) is 0 Å². The first-order valence-corrected chi connectivity index (χ1v) is 7.70. The molecule has 0 aromatic heterocycles. The third-order valence-electron chi connectivity index (χ3n) is 4.85. The maximum Gasteiger partial charge on any atom is 0.0624 e. The highest BCUT2D eigenvalue weighted by molar-refractivity contribution is 4.92. The van der Waals surface area contributed by atoms with Gasteiger partial charge in [-0.3, -0.25) is 0 Å². The van der Waals surface area contributed by atoms with Crippen LogP contribution in [0.2, 0.25) is 0 Å². The zero-order valence-corrected chi connectivity index (χ0v) is 12.2. The molecule has 106 valence electrons. The number of ether oxygens (including phenoxy) is 1. The lowest BCUT2D eigenvalue weighted by molar-refractivity contribution is 0.120. The minimum Gasteiger partial charge on any atom is -0.379 e. The molecule has 0 aliphatic carbocycles. The fraction of sp³-hybridized carbons (Fsp3) is 1.00. The van der Waals surface area contributed by atoms with Gasteiger partial charge in [0.05, 0.1) is 13.2 Å². The van der Waals surface area contributed by atoms with Crippen LogP contribution >= 0.6 is 0 Å². The maximum absolute atomic E-state index is 6.19. The number of nitrogens with two attached hydrogens (primary N) is 1. The number of rotatable bonds is 4. The Morgan fingerprint density at radius 3 is 2.83 bits per heavy atom. The lowest BCUT2D eigenvalue weighted by Crippen LogP contribution is -2.47. The van der Waals surface area contributed by atoms with Gasteiger partial charge in [-0.25, -0.2) is 0 Å². The Morgan fingerprint density at radius 2 is 2.17 bits per heavy atom.